The monoisotopic (exact) mass is 236 g/mol. The molecule has 1 aliphatic rings. The maximum Gasteiger partial charge on any atom is 0.129 e. The number of phenolic OH excluding ortho intramolecular Hbond substituents is 1. The van der Waals surface area contributed by atoms with E-state index >= 15 is 0 Å². The number of aliphatic hydroxyl groups is 1. The van der Waals surface area contributed by atoms with E-state index in [1.165, 1.54) is 0 Å². The lowest BCUT2D eigenvalue weighted by Crippen LogP contribution is -2.40. The number of aromatic hydroxyl groups is 1. The van der Waals surface area contributed by atoms with E-state index in [4.69, 9.17) is 4.74 Å². The van der Waals surface area contributed by atoms with Gasteiger partial charge in [-0.15, -0.1) is 0 Å². The number of fused-ring (bicyclic) bond motifs is 1. The van der Waals surface area contributed by atoms with E-state index < -0.39 is 5.60 Å². The Labute approximate surface area is 102 Å². The van der Waals surface area contributed by atoms with Gasteiger partial charge in [0.15, 0.2) is 0 Å². The third-order valence-electron chi connectivity index (χ3n) is 3.93. The van der Waals surface area contributed by atoms with Crippen LogP contribution in [0.5, 0.6) is 11.5 Å². The molecule has 3 heteroatoms. The van der Waals surface area contributed by atoms with Crippen LogP contribution in [0, 0.1) is 20.8 Å². The zero-order chi connectivity index (χ0) is 12.8. The molecule has 0 saturated heterocycles. The Bertz CT molecular complexity index is 465. The molecule has 0 saturated carbocycles. The minimum absolute atomic E-state index is 0.0187. The molecule has 2 N–H and O–H groups in total. The van der Waals surface area contributed by atoms with Gasteiger partial charge in [0.05, 0.1) is 6.61 Å². The van der Waals surface area contributed by atoms with Gasteiger partial charge in [-0.25, -0.2) is 0 Å². The summed E-state index contributed by atoms with van der Waals surface area (Å²) in [5, 5.41) is 19.4. The molecule has 1 aliphatic heterocycles. The maximum absolute atomic E-state index is 10.0. The summed E-state index contributed by atoms with van der Waals surface area (Å²) in [6.45, 7) is 7.71. The van der Waals surface area contributed by atoms with Crippen molar-refractivity contribution in [1.82, 2.24) is 0 Å². The highest BCUT2D eigenvalue weighted by Crippen LogP contribution is 2.42. The fourth-order valence-corrected chi connectivity index (χ4v) is 2.41. The second kappa shape index (κ2) is 3.91. The van der Waals surface area contributed by atoms with Crippen LogP contribution in [0.25, 0.3) is 0 Å². The van der Waals surface area contributed by atoms with Crippen molar-refractivity contribution in [2.45, 2.75) is 46.1 Å². The molecule has 17 heavy (non-hydrogen) atoms. The van der Waals surface area contributed by atoms with Gasteiger partial charge >= 0.3 is 0 Å². The first-order valence-corrected chi connectivity index (χ1v) is 6.01. The van der Waals surface area contributed by atoms with Crippen LogP contribution in [0.4, 0.5) is 0 Å². The molecule has 3 nitrogen and oxygen atoms in total. The number of benzene rings is 1. The van der Waals surface area contributed by atoms with E-state index in [9.17, 15) is 10.2 Å². The van der Waals surface area contributed by atoms with Crippen LogP contribution >= 0.6 is 0 Å². The van der Waals surface area contributed by atoms with E-state index in [2.05, 4.69) is 0 Å². The highest BCUT2D eigenvalue weighted by Gasteiger charge is 2.33. The minimum Gasteiger partial charge on any atom is -0.507 e. The van der Waals surface area contributed by atoms with Crippen molar-refractivity contribution in [1.29, 1.82) is 0 Å². The fraction of sp³-hybridized carbons (Fsp3) is 0.571. The number of phenols is 1. The number of aliphatic hydroxyl groups excluding tert-OH is 1. The average molecular weight is 236 g/mol. The van der Waals surface area contributed by atoms with Crippen LogP contribution < -0.4 is 4.74 Å². The summed E-state index contributed by atoms with van der Waals surface area (Å²) < 4.78 is 5.95. The number of hydrogen-bond donors (Lipinski definition) is 2. The minimum atomic E-state index is -0.492. The van der Waals surface area contributed by atoms with Gasteiger partial charge in [-0.2, -0.15) is 0 Å². The third-order valence-corrected chi connectivity index (χ3v) is 3.93. The number of rotatable bonds is 1. The standard InChI is InChI=1S/C14H20O3/c1-8-9(2)13-11(10(3)12(8)16)5-6-14(4,7-15)17-13/h15-16H,5-7H2,1-4H3/t14-/m0/s1. The lowest BCUT2D eigenvalue weighted by molar-refractivity contribution is 0.00720. The predicted molar refractivity (Wildman–Crippen MR) is 66.8 cm³/mol. The van der Waals surface area contributed by atoms with Gasteiger partial charge < -0.3 is 14.9 Å². The first-order chi connectivity index (χ1) is 7.89. The topological polar surface area (TPSA) is 49.7 Å². The molecule has 0 spiro atoms. The third kappa shape index (κ3) is 1.78. The Balaban J connectivity index is 2.59. The molecule has 1 aromatic carbocycles. The van der Waals surface area contributed by atoms with E-state index in [1.807, 2.05) is 27.7 Å². The number of hydrogen-bond acceptors (Lipinski definition) is 3. The molecule has 1 heterocycles. The van der Waals surface area contributed by atoms with Crippen LogP contribution in [0.15, 0.2) is 0 Å². The Morgan fingerprint density at radius 3 is 2.41 bits per heavy atom. The average Bonchev–Trinajstić information content (AvgIpc) is 2.33. The first-order valence-electron chi connectivity index (χ1n) is 6.01. The molecule has 94 valence electrons. The Kier molecular flexibility index (Phi) is 2.82. The molecule has 0 aromatic heterocycles. The van der Waals surface area contributed by atoms with Gasteiger partial charge in [0, 0.05) is 5.56 Å². The smallest absolute Gasteiger partial charge is 0.129 e. The summed E-state index contributed by atoms with van der Waals surface area (Å²) in [6.07, 6.45) is 1.62. The largest absolute Gasteiger partial charge is 0.507 e. The molecule has 0 unspecified atom stereocenters. The molecular weight excluding hydrogens is 216 g/mol. The molecule has 0 fully saturated rings. The van der Waals surface area contributed by atoms with E-state index in [-0.39, 0.29) is 6.61 Å². The summed E-state index contributed by atoms with van der Waals surface area (Å²) in [6, 6.07) is 0. The van der Waals surface area contributed by atoms with Crippen molar-refractivity contribution < 1.29 is 14.9 Å². The molecule has 0 aliphatic carbocycles. The molecular formula is C14H20O3. The van der Waals surface area contributed by atoms with Crippen LogP contribution in [-0.4, -0.2) is 22.4 Å². The molecule has 0 bridgehead atoms. The fourth-order valence-electron chi connectivity index (χ4n) is 2.41. The van der Waals surface area contributed by atoms with Gasteiger partial charge in [-0.1, -0.05) is 0 Å². The van der Waals surface area contributed by atoms with E-state index in [1.54, 1.807) is 0 Å². The summed E-state index contributed by atoms with van der Waals surface area (Å²) in [7, 11) is 0. The van der Waals surface area contributed by atoms with Crippen LogP contribution in [-0.2, 0) is 6.42 Å². The van der Waals surface area contributed by atoms with Crippen molar-refractivity contribution in [2.24, 2.45) is 0 Å². The lowest BCUT2D eigenvalue weighted by atomic mass is 9.87. The van der Waals surface area contributed by atoms with Crippen LogP contribution in [0.1, 0.15) is 35.6 Å². The van der Waals surface area contributed by atoms with Crippen molar-refractivity contribution in [3.05, 3.63) is 22.3 Å². The van der Waals surface area contributed by atoms with Crippen molar-refractivity contribution in [3.63, 3.8) is 0 Å². The molecule has 2 rings (SSSR count). The quantitative estimate of drug-likeness (QED) is 0.787. The van der Waals surface area contributed by atoms with Gasteiger partial charge in [0.2, 0.25) is 0 Å². The van der Waals surface area contributed by atoms with Crippen molar-refractivity contribution in [3.8, 4) is 11.5 Å². The van der Waals surface area contributed by atoms with Gasteiger partial charge in [-0.05, 0) is 57.2 Å². The second-order valence-corrected chi connectivity index (χ2v) is 5.24. The Hall–Kier alpha value is -1.22. The maximum atomic E-state index is 10.0. The molecule has 0 radical (unpaired) electrons. The molecule has 1 aromatic rings. The SMILES string of the molecule is Cc1c(C)c2c(c(C)c1O)CC[C@@](C)(CO)O2. The van der Waals surface area contributed by atoms with E-state index in [0.717, 1.165) is 40.8 Å². The van der Waals surface area contributed by atoms with Gasteiger partial charge in [0.25, 0.3) is 0 Å². The summed E-state index contributed by atoms with van der Waals surface area (Å²) in [4.78, 5) is 0. The normalized spacial score (nSPS) is 23.1. The summed E-state index contributed by atoms with van der Waals surface area (Å²) >= 11 is 0. The summed E-state index contributed by atoms with van der Waals surface area (Å²) in [5.41, 5.74) is 3.33. The van der Waals surface area contributed by atoms with Gasteiger partial charge in [-0.3, -0.25) is 0 Å². The van der Waals surface area contributed by atoms with E-state index in [0.29, 0.717) is 5.75 Å². The van der Waals surface area contributed by atoms with Crippen LogP contribution in [0.2, 0.25) is 0 Å². The second-order valence-electron chi connectivity index (χ2n) is 5.24. The van der Waals surface area contributed by atoms with Crippen molar-refractivity contribution in [2.75, 3.05) is 6.61 Å². The number of ether oxygens (including phenoxy) is 1. The highest BCUT2D eigenvalue weighted by atomic mass is 16.5. The van der Waals surface area contributed by atoms with Gasteiger partial charge in [0.1, 0.15) is 17.1 Å². The first kappa shape index (κ1) is 12.2. The van der Waals surface area contributed by atoms with Crippen molar-refractivity contribution >= 4 is 0 Å². The zero-order valence-corrected chi connectivity index (χ0v) is 10.9. The lowest BCUT2D eigenvalue weighted by Gasteiger charge is -2.36. The van der Waals surface area contributed by atoms with Crippen LogP contribution in [0.3, 0.4) is 0 Å². The molecule has 0 amide bonds. The Morgan fingerprint density at radius 2 is 1.82 bits per heavy atom. The molecule has 1 atom stereocenters. The predicted octanol–water partition coefficient (Wildman–Crippen LogP) is 2.39. The highest BCUT2D eigenvalue weighted by molar-refractivity contribution is 5.58. The Morgan fingerprint density at radius 1 is 1.18 bits per heavy atom. The zero-order valence-electron chi connectivity index (χ0n) is 10.9. The summed E-state index contributed by atoms with van der Waals surface area (Å²) in [5.74, 6) is 1.22.